The van der Waals surface area contributed by atoms with Gasteiger partial charge in [-0.25, -0.2) is 4.98 Å². The Hall–Kier alpha value is -0.880. The molecule has 0 N–H and O–H groups in total. The van der Waals surface area contributed by atoms with Crippen LogP contribution in [0.5, 0.6) is 0 Å². The van der Waals surface area contributed by atoms with E-state index in [1.807, 2.05) is 13.8 Å². The highest BCUT2D eigenvalue weighted by Gasteiger charge is 2.24. The van der Waals surface area contributed by atoms with Crippen molar-refractivity contribution in [2.45, 2.75) is 39.5 Å². The largest absolute Gasteiger partial charge is 0.244 e. The molecular formula is C10H14N2S. The minimum Gasteiger partial charge on any atom is -0.244 e. The van der Waals surface area contributed by atoms with Crippen LogP contribution in [0.15, 0.2) is 0 Å². The Morgan fingerprint density at radius 3 is 2.54 bits per heavy atom. The summed E-state index contributed by atoms with van der Waals surface area (Å²) in [7, 11) is 0. The number of thiazole rings is 1. The van der Waals surface area contributed by atoms with Crippen molar-refractivity contribution >= 4 is 11.3 Å². The van der Waals surface area contributed by atoms with Crippen LogP contribution in [0.1, 0.15) is 36.3 Å². The Morgan fingerprint density at radius 2 is 2.15 bits per heavy atom. The SMILES string of the molecule is CCc1nc(C(C)(C)C#N)sc1C. The fraction of sp³-hybridized carbons (Fsp3) is 0.600. The Kier molecular flexibility index (Phi) is 2.72. The number of rotatable bonds is 2. The molecule has 0 radical (unpaired) electrons. The molecule has 1 aromatic rings. The van der Waals surface area contributed by atoms with Crippen molar-refractivity contribution in [1.29, 1.82) is 5.26 Å². The van der Waals surface area contributed by atoms with Crippen molar-refractivity contribution in [2.24, 2.45) is 0 Å². The van der Waals surface area contributed by atoms with Crippen molar-refractivity contribution < 1.29 is 0 Å². The van der Waals surface area contributed by atoms with Gasteiger partial charge in [0.1, 0.15) is 10.4 Å². The third kappa shape index (κ3) is 1.89. The summed E-state index contributed by atoms with van der Waals surface area (Å²) in [6.07, 6.45) is 0.948. The summed E-state index contributed by atoms with van der Waals surface area (Å²) in [4.78, 5) is 5.70. The third-order valence-corrected chi connectivity index (χ3v) is 3.38. The first kappa shape index (κ1) is 10.2. The summed E-state index contributed by atoms with van der Waals surface area (Å²) >= 11 is 1.64. The highest BCUT2D eigenvalue weighted by Crippen LogP contribution is 2.28. The first-order valence-corrected chi connectivity index (χ1v) is 5.21. The Balaban J connectivity index is 3.12. The molecule has 1 heterocycles. The maximum Gasteiger partial charge on any atom is 0.113 e. The lowest BCUT2D eigenvalue weighted by atomic mass is 9.97. The van der Waals surface area contributed by atoms with Crippen LogP contribution >= 0.6 is 11.3 Å². The minimum atomic E-state index is -0.442. The van der Waals surface area contributed by atoms with Gasteiger partial charge in [-0.3, -0.25) is 0 Å². The van der Waals surface area contributed by atoms with E-state index in [2.05, 4.69) is 24.9 Å². The fourth-order valence-electron chi connectivity index (χ4n) is 1.07. The Labute approximate surface area is 83.2 Å². The van der Waals surface area contributed by atoms with Crippen LogP contribution in [0, 0.1) is 18.3 Å². The molecule has 13 heavy (non-hydrogen) atoms. The number of nitrogens with zero attached hydrogens (tertiary/aromatic N) is 2. The van der Waals surface area contributed by atoms with Crippen LogP contribution < -0.4 is 0 Å². The summed E-state index contributed by atoms with van der Waals surface area (Å²) < 4.78 is 0. The van der Waals surface area contributed by atoms with E-state index in [1.165, 1.54) is 4.88 Å². The lowest BCUT2D eigenvalue weighted by Crippen LogP contribution is -2.13. The average Bonchev–Trinajstić information content (AvgIpc) is 2.47. The molecule has 0 fully saturated rings. The normalized spacial score (nSPS) is 11.3. The molecule has 0 saturated carbocycles. The first-order valence-electron chi connectivity index (χ1n) is 4.39. The number of nitriles is 1. The van der Waals surface area contributed by atoms with Gasteiger partial charge in [0.25, 0.3) is 0 Å². The molecule has 0 bridgehead atoms. The molecule has 1 aromatic heterocycles. The summed E-state index contributed by atoms with van der Waals surface area (Å²) in [5.41, 5.74) is 0.686. The van der Waals surface area contributed by atoms with E-state index in [-0.39, 0.29) is 0 Å². The molecule has 0 amide bonds. The molecule has 0 aliphatic carbocycles. The predicted octanol–water partition coefficient (Wildman–Crippen LogP) is 2.82. The van der Waals surface area contributed by atoms with Crippen LogP contribution in [0.4, 0.5) is 0 Å². The van der Waals surface area contributed by atoms with E-state index >= 15 is 0 Å². The second-order valence-electron chi connectivity index (χ2n) is 3.61. The van der Waals surface area contributed by atoms with Crippen molar-refractivity contribution in [2.75, 3.05) is 0 Å². The maximum atomic E-state index is 8.94. The van der Waals surface area contributed by atoms with Gasteiger partial charge < -0.3 is 0 Å². The van der Waals surface area contributed by atoms with Gasteiger partial charge >= 0.3 is 0 Å². The van der Waals surface area contributed by atoms with Gasteiger partial charge in [0.2, 0.25) is 0 Å². The molecule has 0 aliphatic heterocycles. The van der Waals surface area contributed by atoms with Crippen molar-refractivity contribution in [3.05, 3.63) is 15.6 Å². The van der Waals surface area contributed by atoms with Crippen molar-refractivity contribution in [3.63, 3.8) is 0 Å². The summed E-state index contributed by atoms with van der Waals surface area (Å²) in [5, 5.41) is 9.87. The molecule has 70 valence electrons. The summed E-state index contributed by atoms with van der Waals surface area (Å²) in [6.45, 7) is 7.97. The second-order valence-corrected chi connectivity index (χ2v) is 4.82. The average molecular weight is 194 g/mol. The zero-order chi connectivity index (χ0) is 10.1. The maximum absolute atomic E-state index is 8.94. The molecule has 3 heteroatoms. The van der Waals surface area contributed by atoms with E-state index in [0.29, 0.717) is 0 Å². The molecule has 0 aliphatic rings. The predicted molar refractivity (Wildman–Crippen MR) is 54.9 cm³/mol. The number of aromatic nitrogens is 1. The monoisotopic (exact) mass is 194 g/mol. The second kappa shape index (κ2) is 3.47. The van der Waals surface area contributed by atoms with E-state index in [0.717, 1.165) is 17.1 Å². The van der Waals surface area contributed by atoms with E-state index in [1.54, 1.807) is 11.3 Å². The smallest absolute Gasteiger partial charge is 0.113 e. The lowest BCUT2D eigenvalue weighted by Gasteiger charge is -2.09. The molecule has 0 spiro atoms. The van der Waals surface area contributed by atoms with Gasteiger partial charge in [-0.05, 0) is 27.2 Å². The van der Waals surface area contributed by atoms with E-state index in [4.69, 9.17) is 5.26 Å². The zero-order valence-corrected chi connectivity index (χ0v) is 9.33. The minimum absolute atomic E-state index is 0.442. The summed E-state index contributed by atoms with van der Waals surface area (Å²) in [6, 6.07) is 2.27. The fourth-order valence-corrected chi connectivity index (χ4v) is 2.13. The molecule has 0 saturated heterocycles. The van der Waals surface area contributed by atoms with E-state index < -0.39 is 5.41 Å². The molecule has 0 aromatic carbocycles. The van der Waals surface area contributed by atoms with Crippen LogP contribution in [-0.4, -0.2) is 4.98 Å². The van der Waals surface area contributed by atoms with Gasteiger partial charge in [-0.1, -0.05) is 6.92 Å². The van der Waals surface area contributed by atoms with Gasteiger partial charge in [0, 0.05) is 4.88 Å². The molecular weight excluding hydrogens is 180 g/mol. The van der Waals surface area contributed by atoms with Crippen LogP contribution in [0.2, 0.25) is 0 Å². The molecule has 2 nitrogen and oxygen atoms in total. The molecule has 0 atom stereocenters. The van der Waals surface area contributed by atoms with Crippen LogP contribution in [-0.2, 0) is 11.8 Å². The molecule has 0 unspecified atom stereocenters. The standard InChI is InChI=1S/C10H14N2S/c1-5-8-7(2)13-9(12-8)10(3,4)6-11/h5H2,1-4H3. The quantitative estimate of drug-likeness (QED) is 0.726. The lowest BCUT2D eigenvalue weighted by molar-refractivity contribution is 0.676. The van der Waals surface area contributed by atoms with Gasteiger partial charge in [0.15, 0.2) is 0 Å². The van der Waals surface area contributed by atoms with E-state index in [9.17, 15) is 0 Å². The Bertz CT molecular complexity index is 344. The number of hydrogen-bond acceptors (Lipinski definition) is 3. The summed E-state index contributed by atoms with van der Waals surface area (Å²) in [5.74, 6) is 0. The van der Waals surface area contributed by atoms with Crippen molar-refractivity contribution in [1.82, 2.24) is 4.98 Å². The first-order chi connectivity index (χ1) is 6.01. The Morgan fingerprint density at radius 1 is 1.54 bits per heavy atom. The number of aryl methyl sites for hydroxylation is 2. The van der Waals surface area contributed by atoms with Crippen LogP contribution in [0.3, 0.4) is 0 Å². The highest BCUT2D eigenvalue weighted by molar-refractivity contribution is 7.11. The zero-order valence-electron chi connectivity index (χ0n) is 8.51. The highest BCUT2D eigenvalue weighted by atomic mass is 32.1. The van der Waals surface area contributed by atoms with Crippen molar-refractivity contribution in [3.8, 4) is 6.07 Å². The topological polar surface area (TPSA) is 36.7 Å². The van der Waals surface area contributed by atoms with Gasteiger partial charge in [-0.2, -0.15) is 5.26 Å². The van der Waals surface area contributed by atoms with Gasteiger partial charge in [-0.15, -0.1) is 11.3 Å². The molecule has 1 rings (SSSR count). The van der Waals surface area contributed by atoms with Gasteiger partial charge in [0.05, 0.1) is 11.8 Å². The van der Waals surface area contributed by atoms with Crippen LogP contribution in [0.25, 0.3) is 0 Å². The number of hydrogen-bond donors (Lipinski definition) is 0. The third-order valence-electron chi connectivity index (χ3n) is 2.04.